The van der Waals surface area contributed by atoms with Gasteiger partial charge in [0.25, 0.3) is 5.97 Å². The molecule has 3 aliphatic rings. The Labute approximate surface area is 188 Å². The number of carbonyl (C=O) groups excluding carboxylic acids is 1. The van der Waals surface area contributed by atoms with E-state index in [2.05, 4.69) is 11.9 Å². The van der Waals surface area contributed by atoms with Crippen LogP contribution in [-0.2, 0) is 19.1 Å². The Bertz CT molecular complexity index is 635. The van der Waals surface area contributed by atoms with Crippen LogP contribution in [0.3, 0.4) is 0 Å². The maximum atomic E-state index is 12.4. The number of nitrogens with zero attached hydrogens (tertiary/aromatic N) is 1. The van der Waals surface area contributed by atoms with Crippen molar-refractivity contribution in [2.75, 3.05) is 13.7 Å². The number of carbonyl (C=O) groups is 2. The van der Waals surface area contributed by atoms with E-state index in [9.17, 15) is 9.90 Å². The number of carboxylic acid groups (broad SMARTS) is 1. The summed E-state index contributed by atoms with van der Waals surface area (Å²) in [6, 6.07) is 10.1. The average molecular weight is 406 g/mol. The van der Waals surface area contributed by atoms with Gasteiger partial charge in [-0.1, -0.05) is 30.3 Å². The molecule has 4 rings (SSSR count). The van der Waals surface area contributed by atoms with Gasteiger partial charge in [0.2, 0.25) is 0 Å². The molecule has 0 aromatic heterocycles. The van der Waals surface area contributed by atoms with Gasteiger partial charge < -0.3 is 19.7 Å². The second-order valence-electron chi connectivity index (χ2n) is 7.06. The van der Waals surface area contributed by atoms with Crippen LogP contribution in [0.5, 0.6) is 0 Å². The topological polar surface area (TPSA) is 99.6 Å². The third kappa shape index (κ3) is 5.22. The molecule has 0 radical (unpaired) electrons. The van der Waals surface area contributed by atoms with Crippen molar-refractivity contribution < 1.29 is 29.3 Å². The molecular weight excluding hydrogens is 378 g/mol. The molecule has 0 aliphatic carbocycles. The Balaban J connectivity index is 0.000000479. The minimum absolute atomic E-state index is 0. The molecule has 7 nitrogen and oxygen atoms in total. The van der Waals surface area contributed by atoms with Crippen LogP contribution in [0.2, 0.25) is 0 Å². The zero-order valence-corrected chi connectivity index (χ0v) is 14.9. The molecule has 0 amide bonds. The number of hydrogen-bond acceptors (Lipinski definition) is 6. The van der Waals surface area contributed by atoms with Gasteiger partial charge in [0.05, 0.1) is 6.61 Å². The normalized spacial score (nSPS) is 31.4. The fraction of sp³-hybridized carbons (Fsp3) is 0.579. The SMILES string of the molecule is CC(=O)O.CN1[C@@H]2C[C@@H](OC(=O)[C@H](CO)c3ccccc3)C[C@H]1[C@@H]1O[C@@H]12.[CaH2]. The first kappa shape index (κ1) is 22.6. The molecule has 27 heavy (non-hydrogen) atoms. The molecule has 6 atom stereocenters. The Morgan fingerprint density at radius 1 is 1.22 bits per heavy atom. The van der Waals surface area contributed by atoms with Crippen LogP contribution in [-0.4, -0.2) is 109 Å². The van der Waals surface area contributed by atoms with E-state index in [-0.39, 0.29) is 56.4 Å². The molecule has 146 valence electrons. The van der Waals surface area contributed by atoms with Crippen LogP contribution in [0.4, 0.5) is 0 Å². The summed E-state index contributed by atoms with van der Waals surface area (Å²) in [5.41, 5.74) is 0.803. The number of aliphatic hydroxyl groups excluding tert-OH is 1. The number of likely N-dealkylation sites (N-methyl/N-ethyl adjacent to an activating group) is 1. The molecule has 0 unspecified atom stereocenters. The summed E-state index contributed by atoms with van der Waals surface area (Å²) in [5, 5.41) is 17.0. The monoisotopic (exact) mass is 405 g/mol. The number of carboxylic acids is 1. The number of esters is 1. The van der Waals surface area contributed by atoms with Crippen molar-refractivity contribution in [2.24, 2.45) is 0 Å². The Morgan fingerprint density at radius 3 is 2.22 bits per heavy atom. The van der Waals surface area contributed by atoms with E-state index in [1.807, 2.05) is 30.3 Å². The molecule has 1 aromatic rings. The van der Waals surface area contributed by atoms with Crippen LogP contribution in [0.15, 0.2) is 30.3 Å². The number of ether oxygens (including phenoxy) is 2. The summed E-state index contributed by atoms with van der Waals surface area (Å²) < 4.78 is 11.4. The van der Waals surface area contributed by atoms with Crippen molar-refractivity contribution >= 4 is 49.7 Å². The van der Waals surface area contributed by atoms with Crippen molar-refractivity contribution in [1.82, 2.24) is 4.90 Å². The molecule has 3 saturated heterocycles. The van der Waals surface area contributed by atoms with Gasteiger partial charge in [0.1, 0.15) is 24.2 Å². The van der Waals surface area contributed by atoms with Gasteiger partial charge in [-0.2, -0.15) is 0 Å². The Hall–Kier alpha value is -0.700. The van der Waals surface area contributed by atoms with Crippen molar-refractivity contribution in [3.63, 3.8) is 0 Å². The summed E-state index contributed by atoms with van der Waals surface area (Å²) in [7, 11) is 2.13. The van der Waals surface area contributed by atoms with Crippen molar-refractivity contribution in [3.05, 3.63) is 35.9 Å². The van der Waals surface area contributed by atoms with E-state index in [1.165, 1.54) is 0 Å². The summed E-state index contributed by atoms with van der Waals surface area (Å²) in [5.74, 6) is -1.75. The van der Waals surface area contributed by atoms with Crippen molar-refractivity contribution in [3.8, 4) is 0 Å². The van der Waals surface area contributed by atoms with Crippen LogP contribution in [0.25, 0.3) is 0 Å². The van der Waals surface area contributed by atoms with E-state index in [0.29, 0.717) is 24.3 Å². The number of piperidine rings is 1. The summed E-state index contributed by atoms with van der Waals surface area (Å²) in [4.78, 5) is 23.8. The molecular formula is C19H27CaNO6. The predicted octanol–water partition coefficient (Wildman–Crippen LogP) is 0.0928. The van der Waals surface area contributed by atoms with Crippen LogP contribution < -0.4 is 0 Å². The second kappa shape index (κ2) is 9.67. The van der Waals surface area contributed by atoms with Gasteiger partial charge in [-0.05, 0) is 12.6 Å². The number of hydrogen-bond donors (Lipinski definition) is 2. The number of morpholine rings is 1. The van der Waals surface area contributed by atoms with Gasteiger partial charge >= 0.3 is 43.7 Å². The molecule has 3 fully saturated rings. The number of benzene rings is 1. The van der Waals surface area contributed by atoms with Crippen LogP contribution in [0, 0.1) is 0 Å². The third-order valence-electron chi connectivity index (χ3n) is 5.33. The minimum atomic E-state index is -0.833. The maximum absolute atomic E-state index is 12.4. The predicted molar refractivity (Wildman–Crippen MR) is 101 cm³/mol. The first-order valence-corrected chi connectivity index (χ1v) is 8.85. The summed E-state index contributed by atoms with van der Waals surface area (Å²) in [6.45, 7) is 0.858. The van der Waals surface area contributed by atoms with Gasteiger partial charge in [0.15, 0.2) is 0 Å². The molecule has 8 heteroatoms. The van der Waals surface area contributed by atoms with E-state index < -0.39 is 11.9 Å². The van der Waals surface area contributed by atoms with Gasteiger partial charge in [-0.15, -0.1) is 0 Å². The molecule has 3 heterocycles. The molecule has 0 saturated carbocycles. The van der Waals surface area contributed by atoms with E-state index in [1.54, 1.807) is 0 Å². The van der Waals surface area contributed by atoms with E-state index >= 15 is 0 Å². The van der Waals surface area contributed by atoms with Crippen LogP contribution in [0.1, 0.15) is 31.2 Å². The van der Waals surface area contributed by atoms with E-state index in [4.69, 9.17) is 19.4 Å². The first-order chi connectivity index (χ1) is 12.4. The number of epoxide rings is 1. The molecule has 3 aliphatic heterocycles. The van der Waals surface area contributed by atoms with Crippen molar-refractivity contribution in [1.29, 1.82) is 0 Å². The summed E-state index contributed by atoms with van der Waals surface area (Å²) in [6.07, 6.45) is 2.26. The Morgan fingerprint density at radius 2 is 1.74 bits per heavy atom. The number of aliphatic carboxylic acids is 1. The average Bonchev–Trinajstić information content (AvgIpc) is 3.34. The van der Waals surface area contributed by atoms with E-state index in [0.717, 1.165) is 25.3 Å². The summed E-state index contributed by atoms with van der Waals surface area (Å²) >= 11 is 0. The number of aliphatic hydroxyl groups is 1. The number of rotatable bonds is 4. The number of fused-ring (bicyclic) bond motifs is 5. The third-order valence-corrected chi connectivity index (χ3v) is 5.33. The zero-order chi connectivity index (χ0) is 18.8. The first-order valence-electron chi connectivity index (χ1n) is 8.85. The fourth-order valence-electron chi connectivity index (χ4n) is 4.04. The molecule has 1 aromatic carbocycles. The Kier molecular flexibility index (Phi) is 8.09. The van der Waals surface area contributed by atoms with Gasteiger partial charge in [0, 0.05) is 31.8 Å². The molecule has 2 bridgehead atoms. The van der Waals surface area contributed by atoms with Crippen LogP contribution >= 0.6 is 0 Å². The quantitative estimate of drug-likeness (QED) is 0.416. The second-order valence-corrected chi connectivity index (χ2v) is 7.06. The zero-order valence-electron chi connectivity index (χ0n) is 14.9. The standard InChI is InChI=1S/C17H21NO4.C2H4O2.Ca.2H/c1-18-13-7-11(8-14(18)16-15(13)22-16)21-17(20)12(9-19)10-5-3-2-4-6-10;1-2(3)4;;;/h2-6,11-16,19H,7-9H2,1H3;1H3,(H,3,4);;;/t11-,12-,13-,14+,15-,16+;;;;/m1..../s1. The molecule has 2 N–H and O–H groups in total. The van der Waals surface area contributed by atoms with Gasteiger partial charge in [-0.3, -0.25) is 14.5 Å². The molecule has 0 spiro atoms. The fourth-order valence-corrected chi connectivity index (χ4v) is 4.04. The van der Waals surface area contributed by atoms with Gasteiger partial charge in [-0.25, -0.2) is 0 Å². The van der Waals surface area contributed by atoms with Crippen molar-refractivity contribution in [2.45, 2.75) is 56.1 Å².